The van der Waals surface area contributed by atoms with Crippen LogP contribution in [0.4, 0.5) is 10.1 Å². The molecule has 0 spiro atoms. The molecule has 2 aromatic rings. The summed E-state index contributed by atoms with van der Waals surface area (Å²) >= 11 is 0. The first-order chi connectivity index (χ1) is 13.5. The summed E-state index contributed by atoms with van der Waals surface area (Å²) < 4.78 is 23.9. The van der Waals surface area contributed by atoms with Gasteiger partial charge < -0.3 is 14.4 Å². The second kappa shape index (κ2) is 6.74. The largest absolute Gasteiger partial charge is 0.469 e. The molecule has 2 aliphatic heterocycles. The number of benzene rings is 2. The fraction of sp³-hybridized carbons (Fsp3) is 0.286. The fourth-order valence-corrected chi connectivity index (χ4v) is 4.45. The number of fused-ring (bicyclic) bond motifs is 4. The van der Waals surface area contributed by atoms with E-state index in [1.165, 1.54) is 32.4 Å². The van der Waals surface area contributed by atoms with E-state index in [-0.39, 0.29) is 5.78 Å². The Hall–Kier alpha value is -3.22. The van der Waals surface area contributed by atoms with Crippen LogP contribution in [-0.2, 0) is 19.1 Å². The normalized spacial score (nSPS) is 25.2. The molecule has 0 N–H and O–H groups in total. The average molecular weight is 383 g/mol. The number of hydrogen-bond acceptors (Lipinski definition) is 6. The number of para-hydroxylation sites is 1. The Morgan fingerprint density at radius 2 is 1.54 bits per heavy atom. The van der Waals surface area contributed by atoms with Gasteiger partial charge in [-0.2, -0.15) is 0 Å². The Kier molecular flexibility index (Phi) is 4.37. The lowest BCUT2D eigenvalue weighted by Crippen LogP contribution is -2.46. The van der Waals surface area contributed by atoms with Crippen LogP contribution in [0.2, 0.25) is 0 Å². The van der Waals surface area contributed by atoms with Crippen molar-refractivity contribution in [2.45, 2.75) is 12.1 Å². The van der Waals surface area contributed by atoms with E-state index in [4.69, 9.17) is 9.47 Å². The third kappa shape index (κ3) is 2.50. The SMILES string of the molecule is COC(=O)[C@H]1[C@H](C(=O)OC)[C@H]2c3cc(F)ccc3C(=O)[C@H]1N2c1ccccc1. The maximum atomic E-state index is 14.1. The fourth-order valence-electron chi connectivity index (χ4n) is 4.45. The maximum absolute atomic E-state index is 14.1. The quantitative estimate of drug-likeness (QED) is 0.759. The van der Waals surface area contributed by atoms with Crippen molar-refractivity contribution < 1.29 is 28.2 Å². The summed E-state index contributed by atoms with van der Waals surface area (Å²) in [4.78, 5) is 40.4. The molecule has 2 aromatic carbocycles. The number of carbonyl (C=O) groups excluding carboxylic acids is 3. The van der Waals surface area contributed by atoms with Crippen molar-refractivity contribution in [1.29, 1.82) is 0 Å². The molecule has 0 aromatic heterocycles. The van der Waals surface area contributed by atoms with Gasteiger partial charge in [0.2, 0.25) is 0 Å². The third-order valence-corrected chi connectivity index (χ3v) is 5.53. The van der Waals surface area contributed by atoms with Crippen LogP contribution in [-0.4, -0.2) is 38.0 Å². The van der Waals surface area contributed by atoms with Crippen LogP contribution < -0.4 is 4.90 Å². The predicted octanol–water partition coefficient (Wildman–Crippen LogP) is 2.53. The van der Waals surface area contributed by atoms with Gasteiger partial charge in [-0.25, -0.2) is 4.39 Å². The molecule has 144 valence electrons. The van der Waals surface area contributed by atoms with E-state index in [9.17, 15) is 18.8 Å². The van der Waals surface area contributed by atoms with Crippen molar-refractivity contribution in [2.24, 2.45) is 11.8 Å². The van der Waals surface area contributed by atoms with Crippen LogP contribution >= 0.6 is 0 Å². The highest BCUT2D eigenvalue weighted by Gasteiger charge is 2.62. The van der Waals surface area contributed by atoms with Gasteiger partial charge in [-0.3, -0.25) is 14.4 Å². The molecule has 4 rings (SSSR count). The predicted molar refractivity (Wildman–Crippen MR) is 97.2 cm³/mol. The van der Waals surface area contributed by atoms with Gasteiger partial charge in [0.1, 0.15) is 17.8 Å². The second-order valence-electron chi connectivity index (χ2n) is 6.83. The number of methoxy groups -OCH3 is 2. The molecule has 6 nitrogen and oxygen atoms in total. The highest BCUT2D eigenvalue weighted by molar-refractivity contribution is 6.10. The molecule has 2 bridgehead atoms. The van der Waals surface area contributed by atoms with E-state index in [0.717, 1.165) is 0 Å². The van der Waals surface area contributed by atoms with E-state index in [2.05, 4.69) is 0 Å². The lowest BCUT2D eigenvalue weighted by molar-refractivity contribution is -0.156. The summed E-state index contributed by atoms with van der Waals surface area (Å²) in [6, 6.07) is 11.2. The zero-order valence-corrected chi connectivity index (χ0v) is 15.3. The summed E-state index contributed by atoms with van der Waals surface area (Å²) in [7, 11) is 2.43. The van der Waals surface area contributed by atoms with Gasteiger partial charge in [0, 0.05) is 11.3 Å². The zero-order valence-electron chi connectivity index (χ0n) is 15.3. The summed E-state index contributed by atoms with van der Waals surface area (Å²) in [5, 5.41) is 0. The topological polar surface area (TPSA) is 72.9 Å². The molecule has 1 saturated heterocycles. The minimum Gasteiger partial charge on any atom is -0.469 e. The molecule has 0 unspecified atom stereocenters. The number of rotatable bonds is 3. The number of halogens is 1. The molecule has 4 atom stereocenters. The molecule has 0 aliphatic carbocycles. The molecule has 2 heterocycles. The Morgan fingerprint density at radius 3 is 2.14 bits per heavy atom. The highest BCUT2D eigenvalue weighted by atomic mass is 19.1. The molecule has 1 fully saturated rings. The van der Waals surface area contributed by atoms with Crippen LogP contribution in [0.1, 0.15) is 22.0 Å². The number of esters is 2. The van der Waals surface area contributed by atoms with E-state index in [0.29, 0.717) is 16.8 Å². The smallest absolute Gasteiger partial charge is 0.312 e. The van der Waals surface area contributed by atoms with Gasteiger partial charge in [-0.05, 0) is 35.9 Å². The second-order valence-corrected chi connectivity index (χ2v) is 6.83. The first-order valence-electron chi connectivity index (χ1n) is 8.82. The van der Waals surface area contributed by atoms with E-state index < -0.39 is 41.7 Å². The van der Waals surface area contributed by atoms with Crippen molar-refractivity contribution in [1.82, 2.24) is 0 Å². The van der Waals surface area contributed by atoms with Crippen LogP contribution in [0.3, 0.4) is 0 Å². The first-order valence-corrected chi connectivity index (χ1v) is 8.82. The molecule has 0 saturated carbocycles. The van der Waals surface area contributed by atoms with Gasteiger partial charge in [0.25, 0.3) is 0 Å². The van der Waals surface area contributed by atoms with Crippen LogP contribution in [0.15, 0.2) is 48.5 Å². The number of Topliss-reactive ketones (excluding diaryl/α,β-unsaturated/α-hetero) is 1. The number of ether oxygens (including phenoxy) is 2. The van der Waals surface area contributed by atoms with Gasteiger partial charge in [0.05, 0.1) is 26.2 Å². The molecular formula is C21H18FNO5. The van der Waals surface area contributed by atoms with Crippen molar-refractivity contribution in [2.75, 3.05) is 19.1 Å². The van der Waals surface area contributed by atoms with Crippen molar-refractivity contribution in [3.8, 4) is 0 Å². The summed E-state index contributed by atoms with van der Waals surface area (Å²) in [6.45, 7) is 0. The molecule has 2 aliphatic rings. The van der Waals surface area contributed by atoms with E-state index in [1.807, 2.05) is 6.07 Å². The Labute approximate surface area is 160 Å². The van der Waals surface area contributed by atoms with Crippen LogP contribution in [0, 0.1) is 17.7 Å². The summed E-state index contributed by atoms with van der Waals surface area (Å²) in [6.07, 6.45) is 0. The van der Waals surface area contributed by atoms with Gasteiger partial charge in [0.15, 0.2) is 5.78 Å². The zero-order chi connectivity index (χ0) is 20.0. The number of hydrogen-bond donors (Lipinski definition) is 0. The van der Waals surface area contributed by atoms with Gasteiger partial charge >= 0.3 is 11.9 Å². The molecule has 7 heteroatoms. The van der Waals surface area contributed by atoms with Crippen LogP contribution in [0.25, 0.3) is 0 Å². The number of carbonyl (C=O) groups is 3. The van der Waals surface area contributed by atoms with E-state index >= 15 is 0 Å². The van der Waals surface area contributed by atoms with Gasteiger partial charge in [-0.1, -0.05) is 18.2 Å². The van der Waals surface area contributed by atoms with Crippen molar-refractivity contribution >= 4 is 23.4 Å². The number of nitrogens with zero attached hydrogens (tertiary/aromatic N) is 1. The third-order valence-electron chi connectivity index (χ3n) is 5.53. The molecule has 28 heavy (non-hydrogen) atoms. The van der Waals surface area contributed by atoms with Gasteiger partial charge in [-0.15, -0.1) is 0 Å². The highest BCUT2D eigenvalue weighted by Crippen LogP contribution is 2.53. The Bertz CT molecular complexity index is 961. The Balaban J connectivity index is 2.00. The lowest BCUT2D eigenvalue weighted by Gasteiger charge is -2.38. The van der Waals surface area contributed by atoms with Crippen molar-refractivity contribution in [3.63, 3.8) is 0 Å². The summed E-state index contributed by atoms with van der Waals surface area (Å²) in [5.74, 6) is -4.26. The summed E-state index contributed by atoms with van der Waals surface area (Å²) in [5.41, 5.74) is 1.33. The lowest BCUT2D eigenvalue weighted by atomic mass is 9.86. The van der Waals surface area contributed by atoms with Crippen LogP contribution in [0.5, 0.6) is 0 Å². The standard InChI is InChI=1S/C21H18FNO5/c1-27-20(25)15-16(21(26)28-2)18-19(24)13-9-8-11(22)10-14(13)17(15)23(18)12-6-4-3-5-7-12/h3-10,15-18H,1-2H3/t15-,16-,17+,18-/m0/s1. The average Bonchev–Trinajstić information content (AvgIpc) is 3.03. The molecular weight excluding hydrogens is 365 g/mol. The minimum atomic E-state index is -1.06. The number of anilines is 1. The monoisotopic (exact) mass is 383 g/mol. The van der Waals surface area contributed by atoms with E-state index in [1.54, 1.807) is 29.2 Å². The first kappa shape index (κ1) is 18.2. The maximum Gasteiger partial charge on any atom is 0.312 e. The number of ketones is 1. The minimum absolute atomic E-state index is 0.309. The molecule has 0 radical (unpaired) electrons. The molecule has 0 amide bonds. The Morgan fingerprint density at radius 1 is 0.929 bits per heavy atom. The van der Waals surface area contributed by atoms with Crippen molar-refractivity contribution in [3.05, 3.63) is 65.5 Å².